The highest BCUT2D eigenvalue weighted by Gasteiger charge is 2.32. The molecule has 1 amide bonds. The predicted molar refractivity (Wildman–Crippen MR) is 147 cm³/mol. The van der Waals surface area contributed by atoms with Gasteiger partial charge in [-0.05, 0) is 48.7 Å². The molecular formula is C27H21N3O2S3. The Balaban J connectivity index is 1.53. The second-order valence-corrected chi connectivity index (χ2v) is 10.7. The van der Waals surface area contributed by atoms with E-state index in [1.165, 1.54) is 27.9 Å². The van der Waals surface area contributed by atoms with E-state index < -0.39 is 0 Å². The second-order valence-electron chi connectivity index (χ2n) is 8.00. The number of amides is 1. The summed E-state index contributed by atoms with van der Waals surface area (Å²) < 4.78 is 2.03. The van der Waals surface area contributed by atoms with Crippen molar-refractivity contribution >= 4 is 57.7 Å². The molecule has 5 rings (SSSR count). The summed E-state index contributed by atoms with van der Waals surface area (Å²) in [5.74, 6) is -0.180. The van der Waals surface area contributed by atoms with Gasteiger partial charge >= 0.3 is 0 Å². The summed E-state index contributed by atoms with van der Waals surface area (Å²) in [6.45, 7) is 2.42. The number of aromatic nitrogens is 2. The van der Waals surface area contributed by atoms with Crippen molar-refractivity contribution < 1.29 is 4.79 Å². The molecule has 0 N–H and O–H groups in total. The molecule has 8 heteroatoms. The second kappa shape index (κ2) is 10.2. The Morgan fingerprint density at radius 3 is 2.46 bits per heavy atom. The Kier molecular flexibility index (Phi) is 6.86. The highest BCUT2D eigenvalue weighted by atomic mass is 32.2. The van der Waals surface area contributed by atoms with E-state index in [9.17, 15) is 9.59 Å². The standard InChI is InChI=1S/C27H21N3O2S3/c1-18-9-8-15-29-23(18)28-24(34-20-12-6-3-7-13-20)21(25(29)31)17-22-26(32)30(27(33)35-22)16-14-19-10-4-2-5-11-19/h2-13,15,17H,14,16H2,1H3/b22-17-. The molecule has 0 atom stereocenters. The van der Waals surface area contributed by atoms with Crippen LogP contribution in [0.4, 0.5) is 0 Å². The van der Waals surface area contributed by atoms with Crippen LogP contribution in [0.15, 0.2) is 98.6 Å². The topological polar surface area (TPSA) is 54.7 Å². The van der Waals surface area contributed by atoms with E-state index in [1.807, 2.05) is 79.7 Å². The van der Waals surface area contributed by atoms with Gasteiger partial charge in [0.25, 0.3) is 11.5 Å². The first-order valence-corrected chi connectivity index (χ1v) is 13.1. The number of benzene rings is 2. The molecule has 3 heterocycles. The van der Waals surface area contributed by atoms with Gasteiger partial charge in [0.1, 0.15) is 15.0 Å². The van der Waals surface area contributed by atoms with Crippen molar-refractivity contribution in [3.63, 3.8) is 0 Å². The van der Waals surface area contributed by atoms with Gasteiger partial charge in [-0.25, -0.2) is 4.98 Å². The third-order valence-electron chi connectivity index (χ3n) is 5.62. The molecule has 1 aliphatic heterocycles. The molecule has 0 bridgehead atoms. The zero-order chi connectivity index (χ0) is 24.4. The van der Waals surface area contributed by atoms with E-state index in [0.717, 1.165) is 16.0 Å². The van der Waals surface area contributed by atoms with Crippen molar-refractivity contribution in [2.45, 2.75) is 23.3 Å². The van der Waals surface area contributed by atoms with E-state index in [-0.39, 0.29) is 11.5 Å². The van der Waals surface area contributed by atoms with Gasteiger partial charge < -0.3 is 0 Å². The summed E-state index contributed by atoms with van der Waals surface area (Å²) in [6.07, 6.45) is 4.06. The average molecular weight is 516 g/mol. The van der Waals surface area contributed by atoms with E-state index >= 15 is 0 Å². The SMILES string of the molecule is Cc1cccn2c(=O)c(/C=C3\SC(=S)N(CCc4ccccc4)C3=O)c(Sc3ccccc3)nc12. The molecule has 2 aromatic heterocycles. The maximum atomic E-state index is 13.6. The summed E-state index contributed by atoms with van der Waals surface area (Å²) in [6, 6.07) is 23.5. The first kappa shape index (κ1) is 23.5. The Morgan fingerprint density at radius 1 is 1.00 bits per heavy atom. The van der Waals surface area contributed by atoms with Crippen molar-refractivity contribution in [2.75, 3.05) is 6.54 Å². The summed E-state index contributed by atoms with van der Waals surface area (Å²) in [4.78, 5) is 34.6. The Bertz CT molecular complexity index is 1520. The largest absolute Gasteiger partial charge is 0.293 e. The lowest BCUT2D eigenvalue weighted by atomic mass is 10.1. The van der Waals surface area contributed by atoms with Crippen molar-refractivity contribution in [1.82, 2.24) is 14.3 Å². The Labute approximate surface area is 216 Å². The number of fused-ring (bicyclic) bond motifs is 1. The van der Waals surface area contributed by atoms with Crippen LogP contribution in [0.25, 0.3) is 11.7 Å². The van der Waals surface area contributed by atoms with Crippen molar-refractivity contribution in [1.29, 1.82) is 0 Å². The summed E-state index contributed by atoms with van der Waals surface area (Å²) in [7, 11) is 0. The predicted octanol–water partition coefficient (Wildman–Crippen LogP) is 5.60. The summed E-state index contributed by atoms with van der Waals surface area (Å²) in [5, 5.41) is 0.560. The van der Waals surface area contributed by atoms with E-state index in [2.05, 4.69) is 0 Å². The van der Waals surface area contributed by atoms with Crippen molar-refractivity contribution in [3.05, 3.63) is 111 Å². The molecule has 1 aliphatic rings. The fourth-order valence-electron chi connectivity index (χ4n) is 3.80. The number of carbonyl (C=O) groups excluding carboxylic acids is 1. The third kappa shape index (κ3) is 4.96. The fraction of sp³-hybridized carbons (Fsp3) is 0.111. The van der Waals surface area contributed by atoms with Gasteiger partial charge in [0.05, 0.1) is 10.5 Å². The lowest BCUT2D eigenvalue weighted by molar-refractivity contribution is -0.122. The number of pyridine rings is 1. The Hall–Kier alpha value is -3.20. The van der Waals surface area contributed by atoms with Crippen LogP contribution in [0.1, 0.15) is 16.7 Å². The van der Waals surface area contributed by atoms with Crippen LogP contribution in [0, 0.1) is 6.92 Å². The van der Waals surface area contributed by atoms with Crippen LogP contribution in [-0.2, 0) is 11.2 Å². The molecule has 4 aromatic rings. The van der Waals surface area contributed by atoms with Crippen LogP contribution >= 0.6 is 35.7 Å². The van der Waals surface area contributed by atoms with E-state index in [0.29, 0.717) is 38.4 Å². The smallest absolute Gasteiger partial charge is 0.266 e. The highest BCUT2D eigenvalue weighted by molar-refractivity contribution is 8.26. The lowest BCUT2D eigenvalue weighted by Gasteiger charge is -2.14. The van der Waals surface area contributed by atoms with Crippen molar-refractivity contribution in [2.24, 2.45) is 0 Å². The number of thiocarbonyl (C=S) groups is 1. The first-order chi connectivity index (χ1) is 17.0. The molecule has 0 aliphatic carbocycles. The van der Waals surface area contributed by atoms with Gasteiger partial charge in [0.2, 0.25) is 0 Å². The number of hydrogen-bond donors (Lipinski definition) is 0. The zero-order valence-corrected chi connectivity index (χ0v) is 21.3. The third-order valence-corrected chi connectivity index (χ3v) is 8.01. The van der Waals surface area contributed by atoms with Gasteiger partial charge in [0, 0.05) is 17.6 Å². The summed E-state index contributed by atoms with van der Waals surface area (Å²) in [5.41, 5.74) is 2.80. The van der Waals surface area contributed by atoms with Crippen LogP contribution < -0.4 is 5.56 Å². The van der Waals surface area contributed by atoms with Gasteiger partial charge in [-0.15, -0.1) is 0 Å². The molecule has 1 fully saturated rings. The number of carbonyl (C=O) groups is 1. The minimum absolute atomic E-state index is 0.180. The average Bonchev–Trinajstić information content (AvgIpc) is 3.14. The number of aryl methyl sites for hydroxylation is 1. The van der Waals surface area contributed by atoms with Crippen LogP contribution in [0.2, 0.25) is 0 Å². The number of thioether (sulfide) groups is 1. The highest BCUT2D eigenvalue weighted by Crippen LogP contribution is 2.35. The molecule has 174 valence electrons. The minimum Gasteiger partial charge on any atom is -0.293 e. The normalized spacial score (nSPS) is 14.9. The van der Waals surface area contributed by atoms with Gasteiger partial charge in [-0.2, -0.15) is 0 Å². The van der Waals surface area contributed by atoms with Gasteiger partial charge in [-0.3, -0.25) is 18.9 Å². The van der Waals surface area contributed by atoms with Crippen LogP contribution in [0.3, 0.4) is 0 Å². The maximum absolute atomic E-state index is 13.6. The fourth-order valence-corrected chi connectivity index (χ4v) is 6.00. The van der Waals surface area contributed by atoms with Gasteiger partial charge in [0.15, 0.2) is 0 Å². The number of rotatable bonds is 6. The van der Waals surface area contributed by atoms with E-state index in [4.69, 9.17) is 17.2 Å². The molecule has 0 saturated carbocycles. The Morgan fingerprint density at radius 2 is 1.71 bits per heavy atom. The molecule has 0 unspecified atom stereocenters. The molecule has 35 heavy (non-hydrogen) atoms. The zero-order valence-electron chi connectivity index (χ0n) is 18.9. The number of hydrogen-bond acceptors (Lipinski definition) is 6. The van der Waals surface area contributed by atoms with E-state index in [1.54, 1.807) is 17.2 Å². The molecule has 2 aromatic carbocycles. The first-order valence-electron chi connectivity index (χ1n) is 11.1. The molecule has 0 spiro atoms. The molecular weight excluding hydrogens is 495 g/mol. The maximum Gasteiger partial charge on any atom is 0.266 e. The molecule has 0 radical (unpaired) electrons. The van der Waals surface area contributed by atoms with Crippen LogP contribution in [0.5, 0.6) is 0 Å². The lowest BCUT2D eigenvalue weighted by Crippen LogP contribution is -2.30. The molecule has 1 saturated heterocycles. The monoisotopic (exact) mass is 515 g/mol. The quantitative estimate of drug-likeness (QED) is 0.189. The number of nitrogens with zero attached hydrogens (tertiary/aromatic N) is 3. The summed E-state index contributed by atoms with van der Waals surface area (Å²) >= 11 is 8.15. The molecule has 5 nitrogen and oxygen atoms in total. The van der Waals surface area contributed by atoms with Gasteiger partial charge in [-0.1, -0.05) is 90.3 Å². The van der Waals surface area contributed by atoms with Crippen LogP contribution in [-0.4, -0.2) is 31.1 Å². The van der Waals surface area contributed by atoms with Crippen molar-refractivity contribution in [3.8, 4) is 0 Å². The minimum atomic E-state index is -0.216.